The van der Waals surface area contributed by atoms with Gasteiger partial charge in [0.25, 0.3) is 0 Å². The van der Waals surface area contributed by atoms with Crippen LogP contribution in [0.1, 0.15) is 12.8 Å². The molecule has 1 aliphatic rings. The van der Waals surface area contributed by atoms with Crippen LogP contribution in [0, 0.1) is 5.92 Å². The van der Waals surface area contributed by atoms with Crippen LogP contribution in [-0.4, -0.2) is 32.0 Å². The highest BCUT2D eigenvalue weighted by Crippen LogP contribution is 2.33. The lowest BCUT2D eigenvalue weighted by molar-refractivity contribution is 0.657. The van der Waals surface area contributed by atoms with Gasteiger partial charge in [0.2, 0.25) is 5.16 Å². The third kappa shape index (κ3) is 2.54. The van der Waals surface area contributed by atoms with Gasteiger partial charge in [0.15, 0.2) is 0 Å². The third-order valence-electron chi connectivity index (χ3n) is 3.07. The molecule has 1 heterocycles. The van der Waals surface area contributed by atoms with E-state index in [0.29, 0.717) is 5.92 Å². The van der Waals surface area contributed by atoms with Gasteiger partial charge >= 0.3 is 0 Å². The topological polar surface area (TPSA) is 69.6 Å². The molecule has 0 saturated heterocycles. The zero-order valence-corrected chi connectivity index (χ0v) is 10.8. The molecule has 94 valence electrons. The van der Waals surface area contributed by atoms with Crippen LogP contribution in [0.5, 0.6) is 0 Å². The molecular weight excluding hydrogens is 246 g/mol. The van der Waals surface area contributed by atoms with Gasteiger partial charge in [0.05, 0.1) is 5.69 Å². The van der Waals surface area contributed by atoms with Crippen LogP contribution < -0.4 is 5.73 Å². The Morgan fingerprint density at radius 2 is 2.11 bits per heavy atom. The van der Waals surface area contributed by atoms with Crippen LogP contribution in [-0.2, 0) is 0 Å². The first-order chi connectivity index (χ1) is 8.84. The normalized spacial score (nSPS) is 16.7. The summed E-state index contributed by atoms with van der Waals surface area (Å²) in [5.41, 5.74) is 7.06. The predicted octanol–water partition coefficient (Wildman–Crippen LogP) is 1.49. The van der Waals surface area contributed by atoms with Gasteiger partial charge in [0, 0.05) is 11.8 Å². The molecule has 5 nitrogen and oxygen atoms in total. The van der Waals surface area contributed by atoms with E-state index in [-0.39, 0.29) is 6.04 Å². The zero-order valence-electron chi connectivity index (χ0n) is 9.94. The van der Waals surface area contributed by atoms with E-state index in [0.717, 1.165) is 16.6 Å². The maximum absolute atomic E-state index is 6.09. The molecule has 2 aromatic rings. The van der Waals surface area contributed by atoms with Gasteiger partial charge in [-0.1, -0.05) is 30.0 Å². The second-order valence-corrected chi connectivity index (χ2v) is 5.51. The van der Waals surface area contributed by atoms with Crippen molar-refractivity contribution in [1.82, 2.24) is 20.2 Å². The predicted molar refractivity (Wildman–Crippen MR) is 70.6 cm³/mol. The molecule has 0 amide bonds. The number of rotatable bonds is 5. The standard InChI is InChI=1S/C12H15N5S/c13-11(9-6-7-9)8-18-12-14-15-16-17(12)10-4-2-1-3-5-10/h1-5,9,11H,6-8,13H2. The Bertz CT molecular complexity index is 508. The average Bonchev–Trinajstić information content (AvgIpc) is 3.16. The van der Waals surface area contributed by atoms with Crippen LogP contribution >= 0.6 is 11.8 Å². The average molecular weight is 261 g/mol. The number of aromatic nitrogens is 4. The second kappa shape index (κ2) is 5.07. The lowest BCUT2D eigenvalue weighted by atomic mass is 10.2. The van der Waals surface area contributed by atoms with E-state index in [1.807, 2.05) is 30.3 Å². The molecule has 0 spiro atoms. The van der Waals surface area contributed by atoms with Gasteiger partial charge in [-0.15, -0.1) is 5.10 Å². The van der Waals surface area contributed by atoms with E-state index in [1.165, 1.54) is 12.8 Å². The lowest BCUT2D eigenvalue weighted by Crippen LogP contribution is -2.25. The van der Waals surface area contributed by atoms with Gasteiger partial charge < -0.3 is 5.73 Å². The van der Waals surface area contributed by atoms with Crippen LogP contribution in [0.3, 0.4) is 0 Å². The molecule has 2 N–H and O–H groups in total. The molecule has 3 rings (SSSR count). The summed E-state index contributed by atoms with van der Waals surface area (Å²) >= 11 is 1.63. The quantitative estimate of drug-likeness (QED) is 0.826. The van der Waals surface area contributed by atoms with Gasteiger partial charge in [-0.05, 0) is 41.3 Å². The molecule has 0 bridgehead atoms. The van der Waals surface area contributed by atoms with E-state index < -0.39 is 0 Å². The monoisotopic (exact) mass is 261 g/mol. The minimum absolute atomic E-state index is 0.260. The van der Waals surface area contributed by atoms with E-state index in [1.54, 1.807) is 16.4 Å². The van der Waals surface area contributed by atoms with Crippen molar-refractivity contribution < 1.29 is 0 Å². The van der Waals surface area contributed by atoms with Crippen LogP contribution in [0.15, 0.2) is 35.5 Å². The molecule has 18 heavy (non-hydrogen) atoms. The number of nitrogens with zero attached hydrogens (tertiary/aromatic N) is 4. The second-order valence-electron chi connectivity index (χ2n) is 4.52. The Morgan fingerprint density at radius 3 is 2.83 bits per heavy atom. The molecule has 1 aliphatic carbocycles. The number of thioether (sulfide) groups is 1. The van der Waals surface area contributed by atoms with Crippen LogP contribution in [0.25, 0.3) is 5.69 Å². The first-order valence-electron chi connectivity index (χ1n) is 6.07. The SMILES string of the molecule is NC(CSc1nnnn1-c1ccccc1)C1CC1. The van der Waals surface area contributed by atoms with Crippen molar-refractivity contribution in [3.63, 3.8) is 0 Å². The summed E-state index contributed by atoms with van der Waals surface area (Å²) < 4.78 is 1.75. The highest BCUT2D eigenvalue weighted by atomic mass is 32.2. The molecule has 1 saturated carbocycles. The van der Waals surface area contributed by atoms with Gasteiger partial charge in [-0.25, -0.2) is 0 Å². The molecule has 1 aromatic heterocycles. The van der Waals surface area contributed by atoms with Crippen LogP contribution in [0.2, 0.25) is 0 Å². The minimum atomic E-state index is 0.260. The molecule has 6 heteroatoms. The van der Waals surface area contributed by atoms with Crippen molar-refractivity contribution in [3.8, 4) is 5.69 Å². The Kier molecular flexibility index (Phi) is 3.29. The number of nitrogens with two attached hydrogens (primary N) is 1. The molecule has 1 aromatic carbocycles. The van der Waals surface area contributed by atoms with E-state index in [2.05, 4.69) is 15.5 Å². The largest absolute Gasteiger partial charge is 0.327 e. The Balaban J connectivity index is 1.71. The molecule has 1 unspecified atom stereocenters. The first kappa shape index (κ1) is 11.7. The van der Waals surface area contributed by atoms with Gasteiger partial charge in [-0.2, -0.15) is 4.68 Å². The van der Waals surface area contributed by atoms with Crippen LogP contribution in [0.4, 0.5) is 0 Å². The molecule has 0 aliphatic heterocycles. The fourth-order valence-electron chi connectivity index (χ4n) is 1.83. The number of hydrogen-bond donors (Lipinski definition) is 1. The summed E-state index contributed by atoms with van der Waals surface area (Å²) in [5.74, 6) is 1.58. The zero-order chi connectivity index (χ0) is 12.4. The first-order valence-corrected chi connectivity index (χ1v) is 7.05. The maximum atomic E-state index is 6.09. The summed E-state index contributed by atoms with van der Waals surface area (Å²) in [5, 5.41) is 12.6. The summed E-state index contributed by atoms with van der Waals surface area (Å²) in [4.78, 5) is 0. The van der Waals surface area contributed by atoms with Crippen molar-refractivity contribution in [3.05, 3.63) is 30.3 Å². The number of tetrazole rings is 1. The lowest BCUT2D eigenvalue weighted by Gasteiger charge is -2.09. The number of benzene rings is 1. The highest BCUT2D eigenvalue weighted by molar-refractivity contribution is 7.99. The van der Waals surface area contributed by atoms with Crippen molar-refractivity contribution >= 4 is 11.8 Å². The fourth-order valence-corrected chi connectivity index (χ4v) is 2.80. The summed E-state index contributed by atoms with van der Waals surface area (Å²) in [6.07, 6.45) is 2.54. The van der Waals surface area contributed by atoms with Crippen molar-refractivity contribution in [2.24, 2.45) is 11.7 Å². The van der Waals surface area contributed by atoms with E-state index in [9.17, 15) is 0 Å². The molecule has 0 radical (unpaired) electrons. The van der Waals surface area contributed by atoms with E-state index >= 15 is 0 Å². The minimum Gasteiger partial charge on any atom is -0.327 e. The number of para-hydroxylation sites is 1. The smallest absolute Gasteiger partial charge is 0.214 e. The fraction of sp³-hybridized carbons (Fsp3) is 0.417. The summed E-state index contributed by atoms with van der Waals surface area (Å²) in [7, 11) is 0. The number of hydrogen-bond acceptors (Lipinski definition) is 5. The Morgan fingerprint density at radius 1 is 1.33 bits per heavy atom. The Hall–Kier alpha value is -1.40. The van der Waals surface area contributed by atoms with Gasteiger partial charge in [0.1, 0.15) is 0 Å². The Labute approximate surface area is 110 Å². The highest BCUT2D eigenvalue weighted by Gasteiger charge is 2.28. The molecule has 1 atom stereocenters. The molecule has 1 fully saturated rings. The van der Waals surface area contributed by atoms with Crippen molar-refractivity contribution in [2.45, 2.75) is 24.0 Å². The van der Waals surface area contributed by atoms with Crippen molar-refractivity contribution in [1.29, 1.82) is 0 Å². The van der Waals surface area contributed by atoms with Crippen molar-refractivity contribution in [2.75, 3.05) is 5.75 Å². The summed E-state index contributed by atoms with van der Waals surface area (Å²) in [6, 6.07) is 10.2. The summed E-state index contributed by atoms with van der Waals surface area (Å²) in [6.45, 7) is 0. The van der Waals surface area contributed by atoms with Gasteiger partial charge in [-0.3, -0.25) is 0 Å². The molecular formula is C12H15N5S. The maximum Gasteiger partial charge on any atom is 0.214 e. The van der Waals surface area contributed by atoms with E-state index in [4.69, 9.17) is 5.73 Å². The third-order valence-corrected chi connectivity index (χ3v) is 4.14.